The molecule has 0 aliphatic heterocycles. The lowest BCUT2D eigenvalue weighted by Gasteiger charge is -2.38. The van der Waals surface area contributed by atoms with Crippen LogP contribution in [0.1, 0.15) is 44.5 Å². The summed E-state index contributed by atoms with van der Waals surface area (Å²) in [5.41, 5.74) is 17.6. The average Bonchev–Trinajstić information content (AvgIpc) is 4.02. The maximum Gasteiger partial charge on any atom is 0.0734 e. The first-order valence-electron chi connectivity index (χ1n) is 20.8. The number of benzene rings is 9. The summed E-state index contributed by atoms with van der Waals surface area (Å²) < 4.78 is 1.26. The summed E-state index contributed by atoms with van der Waals surface area (Å²) in [6.45, 7) is 0. The van der Waals surface area contributed by atoms with Crippen LogP contribution in [0.2, 0.25) is 0 Å². The van der Waals surface area contributed by atoms with E-state index < -0.39 is 10.8 Å². The molecule has 0 spiro atoms. The van der Waals surface area contributed by atoms with Gasteiger partial charge in [-0.25, -0.2) is 0 Å². The number of thiophene rings is 1. The molecule has 10 aromatic rings. The standard InChI is InChI=1S/C58H39NS/c1-5-21-41(22-6-1)57(42-23-7-2-8-24-42)49-33-16-14-30-47(49)54-50(57)34-19-35-51(54)59(53-37-17-20-40-38-39-60-56(40)53)52-36-18-31-46-45-29-13-15-32-48(45)58(55(46)52,43-25-9-3-10-26-43)44-27-11-4-12-28-44/h1-39H. The van der Waals surface area contributed by atoms with Crippen LogP contribution in [0.25, 0.3) is 32.3 Å². The molecule has 1 heterocycles. The monoisotopic (exact) mass is 781 g/mol. The molecule has 0 unspecified atom stereocenters. The molecule has 0 saturated heterocycles. The molecule has 282 valence electrons. The van der Waals surface area contributed by atoms with Crippen LogP contribution in [0, 0.1) is 0 Å². The Morgan fingerprint density at radius 3 is 1.40 bits per heavy atom. The van der Waals surface area contributed by atoms with E-state index in [0.29, 0.717) is 0 Å². The van der Waals surface area contributed by atoms with Gasteiger partial charge in [-0.3, -0.25) is 0 Å². The Balaban J connectivity index is 1.24. The van der Waals surface area contributed by atoms with Crippen molar-refractivity contribution in [3.8, 4) is 22.3 Å². The minimum Gasteiger partial charge on any atom is -0.308 e. The SMILES string of the molecule is c1ccc(C2(c3ccccc3)c3ccccc3-c3c(N(c4cccc5c4C(c4ccccc4)(c4ccccc4)c4ccccc4-5)c4cccc5ccsc45)cccc32)cc1. The first kappa shape index (κ1) is 34.8. The van der Waals surface area contributed by atoms with Gasteiger partial charge in [0.1, 0.15) is 0 Å². The Hall–Kier alpha value is -7.26. The number of rotatable bonds is 7. The zero-order valence-electron chi connectivity index (χ0n) is 32.9. The van der Waals surface area contributed by atoms with Crippen molar-refractivity contribution in [2.75, 3.05) is 4.90 Å². The smallest absolute Gasteiger partial charge is 0.0734 e. The zero-order valence-corrected chi connectivity index (χ0v) is 33.7. The number of hydrogen-bond acceptors (Lipinski definition) is 2. The maximum atomic E-state index is 2.62. The van der Waals surface area contributed by atoms with E-state index in [0.717, 1.165) is 5.69 Å². The van der Waals surface area contributed by atoms with E-state index in [1.165, 1.54) is 88.2 Å². The summed E-state index contributed by atoms with van der Waals surface area (Å²) in [6.07, 6.45) is 0. The highest BCUT2D eigenvalue weighted by Crippen LogP contribution is 2.63. The molecule has 60 heavy (non-hydrogen) atoms. The molecular weight excluding hydrogens is 743 g/mol. The predicted molar refractivity (Wildman–Crippen MR) is 251 cm³/mol. The first-order chi connectivity index (χ1) is 29.8. The molecule has 0 bridgehead atoms. The highest BCUT2D eigenvalue weighted by Gasteiger charge is 2.50. The summed E-state index contributed by atoms with van der Waals surface area (Å²) in [5.74, 6) is 0. The van der Waals surface area contributed by atoms with Crippen molar-refractivity contribution in [2.24, 2.45) is 0 Å². The van der Waals surface area contributed by atoms with Gasteiger partial charge in [-0.2, -0.15) is 0 Å². The molecule has 2 aliphatic carbocycles. The van der Waals surface area contributed by atoms with Gasteiger partial charge in [0.25, 0.3) is 0 Å². The third-order valence-electron chi connectivity index (χ3n) is 13.1. The summed E-state index contributed by atoms with van der Waals surface area (Å²) in [5, 5.41) is 3.47. The third-order valence-corrected chi connectivity index (χ3v) is 14.0. The van der Waals surface area contributed by atoms with Gasteiger partial charge in [0.2, 0.25) is 0 Å². The molecule has 9 aromatic carbocycles. The van der Waals surface area contributed by atoms with Crippen LogP contribution < -0.4 is 4.90 Å². The molecular formula is C58H39NS. The minimum atomic E-state index is -0.597. The lowest BCUT2D eigenvalue weighted by Crippen LogP contribution is -2.30. The van der Waals surface area contributed by atoms with Crippen molar-refractivity contribution < 1.29 is 0 Å². The van der Waals surface area contributed by atoms with E-state index in [1.54, 1.807) is 0 Å². The zero-order chi connectivity index (χ0) is 39.7. The summed E-state index contributed by atoms with van der Waals surface area (Å²) >= 11 is 1.82. The average molecular weight is 782 g/mol. The maximum absolute atomic E-state index is 2.62. The Bertz CT molecular complexity index is 3120. The third kappa shape index (κ3) is 4.74. The van der Waals surface area contributed by atoms with Crippen molar-refractivity contribution >= 4 is 38.5 Å². The highest BCUT2D eigenvalue weighted by molar-refractivity contribution is 7.17. The van der Waals surface area contributed by atoms with Crippen LogP contribution >= 0.6 is 11.3 Å². The molecule has 1 nitrogen and oxygen atoms in total. The van der Waals surface area contributed by atoms with Crippen LogP contribution in [0.5, 0.6) is 0 Å². The van der Waals surface area contributed by atoms with E-state index in [9.17, 15) is 0 Å². The molecule has 2 aliphatic rings. The van der Waals surface area contributed by atoms with Gasteiger partial charge in [0.05, 0.1) is 32.6 Å². The number of nitrogens with zero attached hydrogens (tertiary/aromatic N) is 1. The van der Waals surface area contributed by atoms with Gasteiger partial charge < -0.3 is 4.90 Å². The van der Waals surface area contributed by atoms with Gasteiger partial charge in [-0.1, -0.05) is 206 Å². The van der Waals surface area contributed by atoms with Crippen LogP contribution in [-0.4, -0.2) is 0 Å². The molecule has 0 fully saturated rings. The van der Waals surface area contributed by atoms with Crippen molar-refractivity contribution in [1.82, 2.24) is 0 Å². The second-order valence-electron chi connectivity index (χ2n) is 15.9. The normalized spacial score (nSPS) is 13.9. The van der Waals surface area contributed by atoms with Crippen molar-refractivity contribution in [1.29, 1.82) is 0 Å². The van der Waals surface area contributed by atoms with Gasteiger partial charge in [0, 0.05) is 11.1 Å². The van der Waals surface area contributed by atoms with E-state index in [-0.39, 0.29) is 0 Å². The largest absolute Gasteiger partial charge is 0.308 e. The lowest BCUT2D eigenvalue weighted by molar-refractivity contribution is 0.766. The number of anilines is 3. The summed E-state index contributed by atoms with van der Waals surface area (Å²) in [7, 11) is 0. The molecule has 0 atom stereocenters. The first-order valence-corrected chi connectivity index (χ1v) is 21.6. The molecule has 12 rings (SSSR count). The van der Waals surface area contributed by atoms with E-state index in [4.69, 9.17) is 0 Å². The Morgan fingerprint density at radius 1 is 0.317 bits per heavy atom. The number of hydrogen-bond donors (Lipinski definition) is 0. The van der Waals surface area contributed by atoms with Gasteiger partial charge in [-0.15, -0.1) is 11.3 Å². The second-order valence-corrected chi connectivity index (χ2v) is 16.8. The number of fused-ring (bicyclic) bond motifs is 7. The molecule has 0 radical (unpaired) electrons. The van der Waals surface area contributed by atoms with E-state index in [2.05, 4.69) is 241 Å². The fourth-order valence-corrected chi connectivity index (χ4v) is 11.8. The fraction of sp³-hybridized carbons (Fsp3) is 0.0345. The molecule has 2 heteroatoms. The van der Waals surface area contributed by atoms with Crippen molar-refractivity contribution in [2.45, 2.75) is 10.8 Å². The summed E-state index contributed by atoms with van der Waals surface area (Å²) in [4.78, 5) is 2.62. The molecule has 0 amide bonds. The molecule has 0 saturated carbocycles. The molecule has 1 aromatic heterocycles. The summed E-state index contributed by atoms with van der Waals surface area (Å²) in [6, 6.07) is 85.9. The van der Waals surface area contributed by atoms with Crippen LogP contribution in [0.15, 0.2) is 236 Å². The van der Waals surface area contributed by atoms with Crippen LogP contribution in [-0.2, 0) is 10.8 Å². The topological polar surface area (TPSA) is 3.24 Å². The lowest BCUT2D eigenvalue weighted by atomic mass is 9.67. The molecule has 0 N–H and O–H groups in total. The van der Waals surface area contributed by atoms with E-state index >= 15 is 0 Å². The Morgan fingerprint density at radius 2 is 0.767 bits per heavy atom. The van der Waals surface area contributed by atoms with E-state index in [1.807, 2.05) is 11.3 Å². The van der Waals surface area contributed by atoms with Gasteiger partial charge in [0.15, 0.2) is 0 Å². The minimum absolute atomic E-state index is 0.530. The van der Waals surface area contributed by atoms with Crippen molar-refractivity contribution in [3.05, 3.63) is 280 Å². The predicted octanol–water partition coefficient (Wildman–Crippen LogP) is 15.1. The Labute approximate surface area is 355 Å². The van der Waals surface area contributed by atoms with Crippen molar-refractivity contribution in [3.63, 3.8) is 0 Å². The van der Waals surface area contributed by atoms with Crippen LogP contribution in [0.3, 0.4) is 0 Å². The fourth-order valence-electron chi connectivity index (χ4n) is 10.9. The van der Waals surface area contributed by atoms with Gasteiger partial charge in [-0.05, 0) is 90.7 Å². The quantitative estimate of drug-likeness (QED) is 0.156. The second kappa shape index (κ2) is 13.7. The highest BCUT2D eigenvalue weighted by atomic mass is 32.1. The van der Waals surface area contributed by atoms with Crippen LogP contribution in [0.4, 0.5) is 17.1 Å². The van der Waals surface area contributed by atoms with Gasteiger partial charge >= 0.3 is 0 Å². The Kier molecular flexibility index (Phi) is 7.91.